The highest BCUT2D eigenvalue weighted by Gasteiger charge is 2.60. The van der Waals surface area contributed by atoms with Crippen LogP contribution in [-0.4, -0.2) is 19.2 Å². The molecular weight excluding hydrogens is 382 g/mol. The second-order valence-corrected chi connectivity index (χ2v) is 5.57. The maximum absolute atomic E-state index is 13.2. The Labute approximate surface area is 121 Å². The summed E-state index contributed by atoms with van der Waals surface area (Å²) in [5.41, 5.74) is -1.43. The van der Waals surface area contributed by atoms with Gasteiger partial charge in [-0.1, -0.05) is 12.1 Å². The highest BCUT2D eigenvalue weighted by molar-refractivity contribution is 14.1. The molecule has 0 bridgehead atoms. The van der Waals surface area contributed by atoms with Gasteiger partial charge in [0.1, 0.15) is 0 Å². The molecule has 1 nitrogen and oxygen atoms in total. The normalized spacial score (nSPS) is 16.2. The van der Waals surface area contributed by atoms with Gasteiger partial charge in [0.25, 0.3) is 0 Å². The fourth-order valence-electron chi connectivity index (χ4n) is 1.62. The minimum absolute atomic E-state index is 0.277. The molecule has 0 N–H and O–H groups in total. The van der Waals surface area contributed by atoms with Crippen molar-refractivity contribution in [3.8, 4) is 0 Å². The molecule has 1 atom stereocenters. The third-order valence-electron chi connectivity index (χ3n) is 2.88. The quantitative estimate of drug-likeness (QED) is 0.530. The highest BCUT2D eigenvalue weighted by Crippen LogP contribution is 2.45. The van der Waals surface area contributed by atoms with Crippen molar-refractivity contribution in [1.29, 1.82) is 0 Å². The number of ether oxygens (including phenoxy) is 1. The zero-order chi connectivity index (χ0) is 14.9. The van der Waals surface area contributed by atoms with Crippen molar-refractivity contribution >= 4 is 22.6 Å². The van der Waals surface area contributed by atoms with Crippen molar-refractivity contribution in [2.24, 2.45) is 0 Å². The van der Waals surface area contributed by atoms with E-state index in [1.807, 2.05) is 22.6 Å². The van der Waals surface area contributed by atoms with Gasteiger partial charge in [-0.25, -0.2) is 0 Å². The van der Waals surface area contributed by atoms with Gasteiger partial charge in [-0.15, -0.1) is 0 Å². The van der Waals surface area contributed by atoms with Crippen LogP contribution < -0.4 is 0 Å². The van der Waals surface area contributed by atoms with Crippen molar-refractivity contribution in [2.45, 2.75) is 31.0 Å². The summed E-state index contributed by atoms with van der Waals surface area (Å²) in [7, 11) is 1.12. The zero-order valence-corrected chi connectivity index (χ0v) is 12.4. The van der Waals surface area contributed by atoms with Crippen LogP contribution in [0.2, 0.25) is 0 Å². The molecule has 1 aromatic carbocycles. The summed E-state index contributed by atoms with van der Waals surface area (Å²) in [5.74, 6) is -4.80. The average Bonchev–Trinajstić information content (AvgIpc) is 2.27. The summed E-state index contributed by atoms with van der Waals surface area (Å²) < 4.78 is 68.9. The molecule has 1 aromatic rings. The number of hydrogen-bond acceptors (Lipinski definition) is 1. The molecule has 0 spiro atoms. The summed E-state index contributed by atoms with van der Waals surface area (Å²) in [6.07, 6.45) is -7.05. The topological polar surface area (TPSA) is 9.23 Å². The van der Waals surface area contributed by atoms with E-state index in [0.717, 1.165) is 10.7 Å². The van der Waals surface area contributed by atoms with Crippen LogP contribution in [0.5, 0.6) is 0 Å². The van der Waals surface area contributed by atoms with Crippen LogP contribution in [0.4, 0.5) is 22.0 Å². The molecule has 19 heavy (non-hydrogen) atoms. The number of halogens is 6. The third kappa shape index (κ3) is 3.77. The average molecular weight is 394 g/mol. The molecule has 0 aliphatic carbocycles. The first-order valence-corrected chi connectivity index (χ1v) is 6.35. The Morgan fingerprint density at radius 2 is 1.53 bits per heavy atom. The lowest BCUT2D eigenvalue weighted by Crippen LogP contribution is -2.43. The van der Waals surface area contributed by atoms with Crippen molar-refractivity contribution in [3.05, 3.63) is 33.4 Å². The van der Waals surface area contributed by atoms with Crippen LogP contribution in [0, 0.1) is 3.57 Å². The SMILES string of the molecule is COC(C)(CC(F)(F)C(F)(F)F)c1ccc(I)cc1. The van der Waals surface area contributed by atoms with Gasteiger partial charge >= 0.3 is 12.1 Å². The molecule has 0 heterocycles. The molecule has 0 radical (unpaired) electrons. The van der Waals surface area contributed by atoms with Gasteiger partial charge in [0, 0.05) is 10.7 Å². The maximum Gasteiger partial charge on any atom is 0.453 e. The van der Waals surface area contributed by atoms with Crippen molar-refractivity contribution < 1.29 is 26.7 Å². The van der Waals surface area contributed by atoms with E-state index in [9.17, 15) is 22.0 Å². The maximum atomic E-state index is 13.2. The van der Waals surface area contributed by atoms with E-state index in [0.29, 0.717) is 0 Å². The van der Waals surface area contributed by atoms with E-state index in [4.69, 9.17) is 4.74 Å². The van der Waals surface area contributed by atoms with E-state index >= 15 is 0 Å². The smallest absolute Gasteiger partial charge is 0.374 e. The lowest BCUT2D eigenvalue weighted by atomic mass is 9.89. The Bertz CT molecular complexity index is 429. The summed E-state index contributed by atoms with van der Waals surface area (Å²) in [4.78, 5) is 0. The minimum Gasteiger partial charge on any atom is -0.374 e. The molecule has 0 saturated heterocycles. The Morgan fingerprint density at radius 1 is 1.05 bits per heavy atom. The molecule has 0 amide bonds. The van der Waals surface area contributed by atoms with Gasteiger partial charge in [-0.3, -0.25) is 0 Å². The van der Waals surface area contributed by atoms with E-state index in [-0.39, 0.29) is 5.56 Å². The minimum atomic E-state index is -5.59. The number of alkyl halides is 5. The molecule has 0 fully saturated rings. The third-order valence-corrected chi connectivity index (χ3v) is 3.60. The van der Waals surface area contributed by atoms with Crippen LogP contribution in [0.15, 0.2) is 24.3 Å². The predicted octanol–water partition coefficient (Wildman–Crippen LogP) is 4.74. The fraction of sp³-hybridized carbons (Fsp3) is 0.500. The molecule has 0 aromatic heterocycles. The zero-order valence-electron chi connectivity index (χ0n) is 10.2. The monoisotopic (exact) mass is 394 g/mol. The molecule has 1 unspecified atom stereocenters. The molecule has 0 aliphatic rings. The predicted molar refractivity (Wildman–Crippen MR) is 69.1 cm³/mol. The van der Waals surface area contributed by atoms with Crippen LogP contribution in [0.1, 0.15) is 18.9 Å². The summed E-state index contributed by atoms with van der Waals surface area (Å²) in [5, 5.41) is 0. The van der Waals surface area contributed by atoms with E-state index in [1.54, 1.807) is 12.1 Å². The van der Waals surface area contributed by atoms with Gasteiger partial charge in [0.2, 0.25) is 0 Å². The highest BCUT2D eigenvalue weighted by atomic mass is 127. The van der Waals surface area contributed by atoms with E-state index in [2.05, 4.69) is 0 Å². The molecule has 7 heteroatoms. The Hall–Kier alpha value is -0.440. The first-order valence-electron chi connectivity index (χ1n) is 5.27. The lowest BCUT2D eigenvalue weighted by Gasteiger charge is -2.33. The van der Waals surface area contributed by atoms with E-state index < -0.39 is 24.1 Å². The Balaban J connectivity index is 3.08. The van der Waals surface area contributed by atoms with Crippen LogP contribution in [0.3, 0.4) is 0 Å². The van der Waals surface area contributed by atoms with Gasteiger partial charge < -0.3 is 4.74 Å². The lowest BCUT2D eigenvalue weighted by molar-refractivity contribution is -0.298. The molecule has 108 valence electrons. The molecular formula is C12H12F5IO. The molecule has 1 rings (SSSR count). The summed E-state index contributed by atoms with van der Waals surface area (Å²) >= 11 is 2.01. The van der Waals surface area contributed by atoms with Crippen molar-refractivity contribution in [2.75, 3.05) is 7.11 Å². The van der Waals surface area contributed by atoms with Gasteiger partial charge in [-0.2, -0.15) is 22.0 Å². The van der Waals surface area contributed by atoms with E-state index in [1.165, 1.54) is 19.1 Å². The van der Waals surface area contributed by atoms with Gasteiger partial charge in [-0.05, 0) is 47.2 Å². The van der Waals surface area contributed by atoms with Crippen molar-refractivity contribution in [3.63, 3.8) is 0 Å². The Kier molecular flexibility index (Phi) is 4.82. The first kappa shape index (κ1) is 16.6. The molecule has 0 saturated carbocycles. The number of benzene rings is 1. The number of methoxy groups -OCH3 is 1. The standard InChI is InChI=1S/C12H12F5IO/c1-10(19-2,7-11(13,14)12(15,16)17)8-3-5-9(18)6-4-8/h3-6H,7H2,1-2H3. The largest absolute Gasteiger partial charge is 0.453 e. The first-order chi connectivity index (χ1) is 8.52. The summed E-state index contributed by atoms with van der Waals surface area (Å²) in [6, 6.07) is 6.22. The number of rotatable bonds is 4. The second-order valence-electron chi connectivity index (χ2n) is 4.32. The fourth-order valence-corrected chi connectivity index (χ4v) is 1.98. The number of hydrogen-bond donors (Lipinski definition) is 0. The molecule has 0 aliphatic heterocycles. The van der Waals surface area contributed by atoms with Gasteiger partial charge in [0.15, 0.2) is 0 Å². The van der Waals surface area contributed by atoms with Crippen molar-refractivity contribution in [1.82, 2.24) is 0 Å². The summed E-state index contributed by atoms with van der Waals surface area (Å²) in [6.45, 7) is 1.22. The van der Waals surface area contributed by atoms with Crippen LogP contribution in [-0.2, 0) is 10.3 Å². The van der Waals surface area contributed by atoms with Gasteiger partial charge in [0.05, 0.1) is 12.0 Å². The van der Waals surface area contributed by atoms with Crippen LogP contribution in [0.25, 0.3) is 0 Å². The Morgan fingerprint density at radius 3 is 1.89 bits per heavy atom. The second kappa shape index (κ2) is 5.51. The van der Waals surface area contributed by atoms with Crippen LogP contribution >= 0.6 is 22.6 Å².